The molecule has 0 aliphatic heterocycles. The number of fused-ring (bicyclic) bond motifs is 11. The van der Waals surface area contributed by atoms with Crippen molar-refractivity contribution < 1.29 is 0 Å². The van der Waals surface area contributed by atoms with Gasteiger partial charge in [-0.3, -0.25) is 0 Å². The van der Waals surface area contributed by atoms with Gasteiger partial charge in [0.15, 0.2) is 0 Å². The lowest BCUT2D eigenvalue weighted by Crippen LogP contribution is -1.96. The third-order valence-corrected chi connectivity index (χ3v) is 10.9. The molecule has 2 heterocycles. The molecule has 0 aliphatic carbocycles. The van der Waals surface area contributed by atoms with Crippen molar-refractivity contribution >= 4 is 65.0 Å². The van der Waals surface area contributed by atoms with Crippen molar-refractivity contribution in [2.45, 2.75) is 0 Å². The summed E-state index contributed by atoms with van der Waals surface area (Å²) >= 11 is 0. The number of para-hydroxylation sites is 1. The van der Waals surface area contributed by atoms with E-state index >= 15 is 0 Å². The zero-order valence-corrected chi connectivity index (χ0v) is 28.4. The summed E-state index contributed by atoms with van der Waals surface area (Å²) in [4.78, 5) is 0. The zero-order chi connectivity index (χ0) is 34.2. The molecule has 0 N–H and O–H groups in total. The van der Waals surface area contributed by atoms with Crippen molar-refractivity contribution in [3.8, 4) is 33.6 Å². The molecule has 0 saturated carbocycles. The lowest BCUT2D eigenvalue weighted by molar-refractivity contribution is 1.13. The van der Waals surface area contributed by atoms with Crippen LogP contribution in [0.3, 0.4) is 0 Å². The first-order valence-corrected chi connectivity index (χ1v) is 17.9. The van der Waals surface area contributed by atoms with Crippen LogP contribution in [0.25, 0.3) is 98.7 Å². The average molecular weight is 661 g/mol. The van der Waals surface area contributed by atoms with E-state index in [4.69, 9.17) is 0 Å². The first-order valence-electron chi connectivity index (χ1n) is 17.9. The topological polar surface area (TPSA) is 9.86 Å². The molecule has 0 atom stereocenters. The maximum Gasteiger partial charge on any atom is 0.0635 e. The van der Waals surface area contributed by atoms with Crippen molar-refractivity contribution in [2.75, 3.05) is 0 Å². The highest BCUT2D eigenvalue weighted by atomic mass is 15.0. The van der Waals surface area contributed by atoms with Gasteiger partial charge in [0.25, 0.3) is 0 Å². The summed E-state index contributed by atoms with van der Waals surface area (Å²) in [6.45, 7) is 0. The lowest BCUT2D eigenvalue weighted by atomic mass is 9.92. The molecule has 0 bridgehead atoms. The van der Waals surface area contributed by atoms with Crippen molar-refractivity contribution in [3.05, 3.63) is 194 Å². The molecule has 11 aromatic rings. The van der Waals surface area contributed by atoms with Gasteiger partial charge in [-0.25, -0.2) is 0 Å². The number of aromatic nitrogens is 2. The summed E-state index contributed by atoms with van der Waals surface area (Å²) in [6, 6.07) is 68.7. The Morgan fingerprint density at radius 1 is 0.269 bits per heavy atom. The molecule has 9 aromatic carbocycles. The minimum Gasteiger partial charge on any atom is -0.316 e. The molecule has 2 nitrogen and oxygen atoms in total. The number of benzene rings is 9. The molecule has 2 heteroatoms. The third kappa shape index (κ3) is 4.31. The molecule has 242 valence electrons. The van der Waals surface area contributed by atoms with E-state index in [2.05, 4.69) is 203 Å². The quantitative estimate of drug-likeness (QED) is 0.166. The van der Waals surface area contributed by atoms with Crippen LogP contribution in [-0.2, 0) is 0 Å². The summed E-state index contributed by atoms with van der Waals surface area (Å²) in [5.41, 5.74) is 10.9. The molecule has 0 fully saturated rings. The van der Waals surface area contributed by atoms with Crippen LogP contribution < -0.4 is 0 Å². The van der Waals surface area contributed by atoms with Gasteiger partial charge in [-0.05, 0) is 103 Å². The van der Waals surface area contributed by atoms with Gasteiger partial charge in [0, 0.05) is 33.7 Å². The number of hydrogen-bond acceptors (Lipinski definition) is 0. The van der Waals surface area contributed by atoms with Gasteiger partial charge in [0.1, 0.15) is 0 Å². The molecular formula is C50H32N2. The summed E-state index contributed by atoms with van der Waals surface area (Å²) in [5.74, 6) is 0. The van der Waals surface area contributed by atoms with Crippen LogP contribution in [0, 0.1) is 0 Å². The fourth-order valence-corrected chi connectivity index (χ4v) is 8.51. The lowest BCUT2D eigenvalue weighted by Gasteiger charge is -2.15. The van der Waals surface area contributed by atoms with E-state index in [-0.39, 0.29) is 0 Å². The summed E-state index contributed by atoms with van der Waals surface area (Å²) in [5, 5.41) is 11.4. The van der Waals surface area contributed by atoms with Crippen molar-refractivity contribution in [1.29, 1.82) is 0 Å². The number of rotatable bonds is 4. The summed E-state index contributed by atoms with van der Waals surface area (Å²) in [6.07, 6.45) is 2.22. The van der Waals surface area contributed by atoms with E-state index in [1.54, 1.807) is 0 Å². The predicted molar refractivity (Wildman–Crippen MR) is 221 cm³/mol. The SMILES string of the molecule is c1ccc(-c2ccc(-n3ccc4c3ccc3c5ccccc5n(-c5ccc6c7ccc(-c8ccccc8)cc7c7ccccc7c6c5)c34)cc2)cc1. The van der Waals surface area contributed by atoms with Gasteiger partial charge in [-0.2, -0.15) is 0 Å². The fraction of sp³-hybridized carbons (Fsp3) is 0. The Bertz CT molecular complexity index is 3130. The summed E-state index contributed by atoms with van der Waals surface area (Å²) in [7, 11) is 0. The van der Waals surface area contributed by atoms with Gasteiger partial charge in [0.2, 0.25) is 0 Å². The van der Waals surface area contributed by atoms with Crippen molar-refractivity contribution in [1.82, 2.24) is 9.13 Å². The Morgan fingerprint density at radius 3 is 1.52 bits per heavy atom. The number of hydrogen-bond donors (Lipinski definition) is 0. The second-order valence-electron chi connectivity index (χ2n) is 13.7. The van der Waals surface area contributed by atoms with Crippen LogP contribution in [0.15, 0.2) is 194 Å². The van der Waals surface area contributed by atoms with Crippen LogP contribution in [-0.4, -0.2) is 9.13 Å². The highest BCUT2D eigenvalue weighted by Gasteiger charge is 2.18. The molecule has 2 aromatic heterocycles. The second kappa shape index (κ2) is 11.3. The Hall–Kier alpha value is -6.90. The predicted octanol–water partition coefficient (Wildman–Crippen LogP) is 13.5. The second-order valence-corrected chi connectivity index (χ2v) is 13.7. The normalized spacial score (nSPS) is 11.8. The number of nitrogens with zero attached hydrogens (tertiary/aromatic N) is 2. The third-order valence-electron chi connectivity index (χ3n) is 10.9. The summed E-state index contributed by atoms with van der Waals surface area (Å²) < 4.78 is 4.79. The molecule has 0 radical (unpaired) electrons. The van der Waals surface area contributed by atoms with E-state index < -0.39 is 0 Å². The fourth-order valence-electron chi connectivity index (χ4n) is 8.51. The largest absolute Gasteiger partial charge is 0.316 e. The van der Waals surface area contributed by atoms with Crippen molar-refractivity contribution in [3.63, 3.8) is 0 Å². The Balaban J connectivity index is 1.13. The van der Waals surface area contributed by atoms with Gasteiger partial charge in [-0.1, -0.05) is 140 Å². The minimum atomic E-state index is 1.15. The molecule has 0 amide bonds. The van der Waals surface area contributed by atoms with E-state index in [9.17, 15) is 0 Å². The van der Waals surface area contributed by atoms with E-state index in [0.29, 0.717) is 0 Å². The van der Waals surface area contributed by atoms with E-state index in [1.165, 1.54) is 87.3 Å². The smallest absolute Gasteiger partial charge is 0.0635 e. The first-order chi connectivity index (χ1) is 25.8. The molecule has 11 rings (SSSR count). The van der Waals surface area contributed by atoms with Crippen LogP contribution in [0.5, 0.6) is 0 Å². The average Bonchev–Trinajstić information content (AvgIpc) is 3.81. The first kappa shape index (κ1) is 28.9. The van der Waals surface area contributed by atoms with Crippen LogP contribution in [0.1, 0.15) is 0 Å². The monoisotopic (exact) mass is 660 g/mol. The maximum absolute atomic E-state index is 2.48. The Labute approximate surface area is 301 Å². The van der Waals surface area contributed by atoms with Gasteiger partial charge >= 0.3 is 0 Å². The molecule has 0 spiro atoms. The minimum absolute atomic E-state index is 1.15. The van der Waals surface area contributed by atoms with Crippen LogP contribution in [0.2, 0.25) is 0 Å². The molecule has 0 aliphatic rings. The van der Waals surface area contributed by atoms with Gasteiger partial charge in [-0.15, -0.1) is 0 Å². The standard InChI is InChI=1S/C50H32N2/c1-3-11-33(12-4-1)35-19-22-37(23-20-35)51-30-29-45-48(51)28-27-44-43-17-9-10-18-49(43)52(50(44)45)38-24-26-42-41-25-21-36(34-13-5-2-6-14-34)31-46(41)39-15-7-8-16-40(39)47(42)32-38/h1-32H. The zero-order valence-electron chi connectivity index (χ0n) is 28.4. The highest BCUT2D eigenvalue weighted by Crippen LogP contribution is 2.41. The van der Waals surface area contributed by atoms with Crippen LogP contribution >= 0.6 is 0 Å². The molecular weight excluding hydrogens is 629 g/mol. The molecule has 0 unspecified atom stereocenters. The molecule has 0 saturated heterocycles. The van der Waals surface area contributed by atoms with Gasteiger partial charge < -0.3 is 9.13 Å². The maximum atomic E-state index is 2.48. The van der Waals surface area contributed by atoms with Crippen LogP contribution in [0.4, 0.5) is 0 Å². The van der Waals surface area contributed by atoms with Crippen molar-refractivity contribution in [2.24, 2.45) is 0 Å². The highest BCUT2D eigenvalue weighted by molar-refractivity contribution is 6.26. The van der Waals surface area contributed by atoms with Gasteiger partial charge in [0.05, 0.1) is 16.6 Å². The van der Waals surface area contributed by atoms with E-state index in [0.717, 1.165) is 11.4 Å². The Kier molecular flexibility index (Phi) is 6.28. The molecule has 52 heavy (non-hydrogen) atoms. The van der Waals surface area contributed by atoms with E-state index in [1.807, 2.05) is 0 Å². The Morgan fingerprint density at radius 2 is 0.788 bits per heavy atom.